The van der Waals surface area contributed by atoms with Gasteiger partial charge in [0.15, 0.2) is 0 Å². The number of hydrogen-bond donors (Lipinski definition) is 1. The van der Waals surface area contributed by atoms with E-state index in [1.54, 1.807) is 6.92 Å². The van der Waals surface area contributed by atoms with Gasteiger partial charge in [-0.25, -0.2) is 12.8 Å². The van der Waals surface area contributed by atoms with Gasteiger partial charge < -0.3 is 5.73 Å². The summed E-state index contributed by atoms with van der Waals surface area (Å²) in [6.45, 7) is 2.07. The van der Waals surface area contributed by atoms with Gasteiger partial charge in [0.25, 0.3) is 0 Å². The van der Waals surface area contributed by atoms with Crippen LogP contribution in [0, 0.1) is 5.82 Å². The smallest absolute Gasteiger partial charge is 0.246 e. The molecule has 0 radical (unpaired) electrons. The lowest BCUT2D eigenvalue weighted by molar-refractivity contribution is 0.416. The molecular formula is C12H16BrFN2O2S. The van der Waals surface area contributed by atoms with Crippen molar-refractivity contribution in [1.29, 1.82) is 0 Å². The minimum absolute atomic E-state index is 0.00899. The van der Waals surface area contributed by atoms with Crippen molar-refractivity contribution in [3.63, 3.8) is 0 Å². The van der Waals surface area contributed by atoms with Crippen LogP contribution in [0.25, 0.3) is 0 Å². The summed E-state index contributed by atoms with van der Waals surface area (Å²) < 4.78 is 41.1. The summed E-state index contributed by atoms with van der Waals surface area (Å²) in [6.07, 6.45) is 1.68. The molecule has 7 heteroatoms. The van der Waals surface area contributed by atoms with E-state index in [2.05, 4.69) is 15.9 Å². The Hall–Kier alpha value is -0.500. The summed E-state index contributed by atoms with van der Waals surface area (Å²) in [5, 5.41) is 0. The lowest BCUT2D eigenvalue weighted by atomic mass is 10.2. The third kappa shape index (κ3) is 2.84. The molecule has 2 N–H and O–H groups in total. The molecule has 0 bridgehead atoms. The van der Waals surface area contributed by atoms with Gasteiger partial charge in [-0.1, -0.05) is 22.9 Å². The molecule has 0 saturated heterocycles. The van der Waals surface area contributed by atoms with Crippen molar-refractivity contribution in [1.82, 2.24) is 4.31 Å². The molecule has 1 aliphatic rings. The van der Waals surface area contributed by atoms with E-state index in [1.165, 1.54) is 16.4 Å². The summed E-state index contributed by atoms with van der Waals surface area (Å²) >= 11 is 3.20. The highest BCUT2D eigenvalue weighted by Gasteiger charge is 2.38. The average molecular weight is 351 g/mol. The molecule has 0 aliphatic heterocycles. The molecule has 4 nitrogen and oxygen atoms in total. The number of nitrogens with two attached hydrogens (primary N) is 1. The van der Waals surface area contributed by atoms with Gasteiger partial charge in [-0.05, 0) is 25.0 Å². The van der Waals surface area contributed by atoms with E-state index in [-0.39, 0.29) is 23.0 Å². The van der Waals surface area contributed by atoms with Gasteiger partial charge >= 0.3 is 0 Å². The van der Waals surface area contributed by atoms with Crippen LogP contribution in [0.1, 0.15) is 25.3 Å². The Balaban J connectivity index is 2.53. The van der Waals surface area contributed by atoms with Crippen molar-refractivity contribution >= 4 is 26.0 Å². The fourth-order valence-corrected chi connectivity index (χ4v) is 4.55. The van der Waals surface area contributed by atoms with Gasteiger partial charge in [0.1, 0.15) is 10.7 Å². The van der Waals surface area contributed by atoms with Gasteiger partial charge in [0.05, 0.1) is 0 Å². The highest BCUT2D eigenvalue weighted by atomic mass is 79.9. The van der Waals surface area contributed by atoms with Gasteiger partial charge in [-0.2, -0.15) is 4.31 Å². The van der Waals surface area contributed by atoms with Gasteiger partial charge in [-0.3, -0.25) is 0 Å². The summed E-state index contributed by atoms with van der Waals surface area (Å²) in [7, 11) is -3.80. The van der Waals surface area contributed by atoms with Crippen LogP contribution < -0.4 is 5.73 Å². The van der Waals surface area contributed by atoms with E-state index in [4.69, 9.17) is 5.73 Å². The molecule has 1 aromatic carbocycles. The maximum Gasteiger partial charge on any atom is 0.246 e. The fraction of sp³-hybridized carbons (Fsp3) is 0.500. The number of nitrogens with zero attached hydrogens (tertiary/aromatic N) is 1. The predicted molar refractivity (Wildman–Crippen MR) is 74.6 cm³/mol. The largest absolute Gasteiger partial charge is 0.326 e. The average Bonchev–Trinajstić information content (AvgIpc) is 3.16. The molecule has 1 saturated carbocycles. The van der Waals surface area contributed by atoms with E-state index in [1.807, 2.05) is 0 Å². The molecule has 0 amide bonds. The van der Waals surface area contributed by atoms with Crippen LogP contribution in [-0.2, 0) is 16.6 Å². The number of hydrogen-bond acceptors (Lipinski definition) is 3. The van der Waals surface area contributed by atoms with Crippen LogP contribution >= 0.6 is 15.9 Å². The standard InChI is InChI=1S/C12H16BrFN2O2S/c1-2-16(10-3-4-10)19(17,18)11-6-9(13)5-8(7-15)12(11)14/h5-6,10H,2-4,7,15H2,1H3. The van der Waals surface area contributed by atoms with Crippen LogP contribution in [-0.4, -0.2) is 25.3 Å². The minimum Gasteiger partial charge on any atom is -0.326 e. The maximum atomic E-state index is 14.2. The molecule has 19 heavy (non-hydrogen) atoms. The zero-order valence-corrected chi connectivity index (χ0v) is 13.0. The number of sulfonamides is 1. The highest BCUT2D eigenvalue weighted by Crippen LogP contribution is 2.34. The van der Waals surface area contributed by atoms with Crippen LogP contribution in [0.4, 0.5) is 4.39 Å². The molecule has 0 unspecified atom stereocenters. The third-order valence-corrected chi connectivity index (χ3v) is 5.64. The number of benzene rings is 1. The molecule has 106 valence electrons. The molecule has 0 spiro atoms. The summed E-state index contributed by atoms with van der Waals surface area (Å²) in [6, 6.07) is 2.81. The van der Waals surface area contributed by atoms with Crippen molar-refractivity contribution in [3.8, 4) is 0 Å². The molecular weight excluding hydrogens is 335 g/mol. The van der Waals surface area contributed by atoms with Crippen molar-refractivity contribution in [3.05, 3.63) is 28.0 Å². The third-order valence-electron chi connectivity index (χ3n) is 3.15. The van der Waals surface area contributed by atoms with Crippen molar-refractivity contribution in [2.24, 2.45) is 5.73 Å². The van der Waals surface area contributed by atoms with Gasteiger partial charge in [0.2, 0.25) is 10.0 Å². The Morgan fingerprint density at radius 1 is 1.47 bits per heavy atom. The quantitative estimate of drug-likeness (QED) is 0.885. The first-order valence-electron chi connectivity index (χ1n) is 6.11. The maximum absolute atomic E-state index is 14.2. The normalized spacial score (nSPS) is 16.1. The Bertz CT molecular complexity index is 588. The Labute approximate surface area is 121 Å². The highest BCUT2D eigenvalue weighted by molar-refractivity contribution is 9.10. The topological polar surface area (TPSA) is 63.4 Å². The van der Waals surface area contributed by atoms with Crippen LogP contribution in [0.15, 0.2) is 21.5 Å². The van der Waals surface area contributed by atoms with Crippen molar-refractivity contribution < 1.29 is 12.8 Å². The summed E-state index contributed by atoms with van der Waals surface area (Å²) in [5.74, 6) is -0.746. The van der Waals surface area contributed by atoms with E-state index in [0.29, 0.717) is 11.0 Å². The molecule has 1 aliphatic carbocycles. The minimum atomic E-state index is -3.80. The molecule has 0 atom stereocenters. The summed E-state index contributed by atoms with van der Waals surface area (Å²) in [4.78, 5) is -0.295. The van der Waals surface area contributed by atoms with Crippen molar-refractivity contribution in [2.75, 3.05) is 6.54 Å². The summed E-state index contributed by atoms with van der Waals surface area (Å²) in [5.41, 5.74) is 5.64. The predicted octanol–water partition coefficient (Wildman–Crippen LogP) is 2.22. The monoisotopic (exact) mass is 350 g/mol. The second kappa shape index (κ2) is 5.47. The fourth-order valence-electron chi connectivity index (χ4n) is 2.07. The van der Waals surface area contributed by atoms with E-state index < -0.39 is 15.8 Å². The number of halogens is 2. The molecule has 1 fully saturated rings. The van der Waals surface area contributed by atoms with Gasteiger partial charge in [-0.15, -0.1) is 0 Å². The Morgan fingerprint density at radius 3 is 2.58 bits per heavy atom. The zero-order chi connectivity index (χ0) is 14.2. The SMILES string of the molecule is CCN(C1CC1)S(=O)(=O)c1cc(Br)cc(CN)c1F. The lowest BCUT2D eigenvalue weighted by Gasteiger charge is -2.21. The van der Waals surface area contributed by atoms with E-state index in [0.717, 1.165) is 12.8 Å². The first kappa shape index (κ1) is 14.9. The van der Waals surface area contributed by atoms with Crippen LogP contribution in [0.3, 0.4) is 0 Å². The van der Waals surface area contributed by atoms with Gasteiger partial charge in [0, 0.05) is 29.2 Å². The first-order valence-corrected chi connectivity index (χ1v) is 8.35. The van der Waals surface area contributed by atoms with E-state index in [9.17, 15) is 12.8 Å². The van der Waals surface area contributed by atoms with Crippen LogP contribution in [0.2, 0.25) is 0 Å². The first-order chi connectivity index (χ1) is 8.91. The van der Waals surface area contributed by atoms with E-state index >= 15 is 0 Å². The van der Waals surface area contributed by atoms with Crippen molar-refractivity contribution in [2.45, 2.75) is 37.2 Å². The second-order valence-corrected chi connectivity index (χ2v) is 7.30. The second-order valence-electron chi connectivity index (χ2n) is 4.52. The van der Waals surface area contributed by atoms with Crippen LogP contribution in [0.5, 0.6) is 0 Å². The molecule has 0 heterocycles. The number of rotatable bonds is 5. The molecule has 1 aromatic rings. The lowest BCUT2D eigenvalue weighted by Crippen LogP contribution is -2.33. The molecule has 0 aromatic heterocycles. The Kier molecular flexibility index (Phi) is 4.29. The molecule has 2 rings (SSSR count). The Morgan fingerprint density at radius 2 is 2.11 bits per heavy atom. The zero-order valence-electron chi connectivity index (χ0n) is 10.6.